The smallest absolute Gasteiger partial charge is 0.139 e. The van der Waals surface area contributed by atoms with E-state index in [9.17, 15) is 5.11 Å². The molecule has 26 heavy (non-hydrogen) atoms. The first kappa shape index (κ1) is 18.4. The number of aryl methyl sites for hydroxylation is 1. The maximum atomic E-state index is 9.50. The Kier molecular flexibility index (Phi) is 5.85. The minimum Gasteiger partial charge on any atom is -0.396 e. The lowest BCUT2D eigenvalue weighted by atomic mass is 10.1. The number of aliphatic hydroxyl groups is 1. The molecule has 2 heterocycles. The van der Waals surface area contributed by atoms with Crippen LogP contribution in [0.4, 0.5) is 0 Å². The average Bonchev–Trinajstić information content (AvgIpc) is 3.24. The molecule has 0 saturated heterocycles. The topological polar surface area (TPSA) is 59.1 Å². The lowest BCUT2D eigenvalue weighted by Crippen LogP contribution is -2.29. The van der Waals surface area contributed by atoms with E-state index in [-0.39, 0.29) is 12.5 Å². The van der Waals surface area contributed by atoms with Gasteiger partial charge in [-0.25, -0.2) is 4.68 Å². The first-order chi connectivity index (χ1) is 12.6. The zero-order valence-electron chi connectivity index (χ0n) is 15.7. The Morgan fingerprint density at radius 1 is 1.08 bits per heavy atom. The summed E-state index contributed by atoms with van der Waals surface area (Å²) in [4.78, 5) is 2.40. The molecule has 0 spiro atoms. The predicted octanol–water partition coefficient (Wildman–Crippen LogP) is 2.64. The van der Waals surface area contributed by atoms with Gasteiger partial charge in [0.15, 0.2) is 0 Å². The van der Waals surface area contributed by atoms with Crippen LogP contribution in [0.1, 0.15) is 29.4 Å². The largest absolute Gasteiger partial charge is 0.396 e. The zero-order valence-corrected chi connectivity index (χ0v) is 15.7. The van der Waals surface area contributed by atoms with Crippen LogP contribution in [0.2, 0.25) is 0 Å². The number of nitrogens with zero attached hydrogens (tertiary/aromatic N) is 5. The molecular weight excluding hydrogens is 326 g/mol. The Hall–Kier alpha value is -2.44. The second-order valence-electron chi connectivity index (χ2n) is 6.99. The summed E-state index contributed by atoms with van der Waals surface area (Å²) in [5.41, 5.74) is 4.88. The van der Waals surface area contributed by atoms with Crippen molar-refractivity contribution in [3.8, 4) is 0 Å². The van der Waals surface area contributed by atoms with Crippen molar-refractivity contribution in [1.29, 1.82) is 0 Å². The van der Waals surface area contributed by atoms with Crippen LogP contribution in [-0.4, -0.2) is 42.7 Å². The highest BCUT2D eigenvalue weighted by molar-refractivity contribution is 5.27. The van der Waals surface area contributed by atoms with E-state index in [0.717, 1.165) is 25.3 Å². The molecule has 3 aromatic rings. The minimum atomic E-state index is 0.199. The number of aliphatic hydroxyl groups excluding tert-OH is 1. The van der Waals surface area contributed by atoms with E-state index in [0.29, 0.717) is 0 Å². The van der Waals surface area contributed by atoms with E-state index in [1.807, 2.05) is 10.7 Å². The van der Waals surface area contributed by atoms with Gasteiger partial charge in [-0.3, -0.25) is 9.58 Å². The summed E-state index contributed by atoms with van der Waals surface area (Å²) >= 11 is 0. The molecule has 1 aromatic carbocycles. The van der Waals surface area contributed by atoms with Gasteiger partial charge in [0.2, 0.25) is 0 Å². The number of aromatic nitrogens is 4. The molecule has 0 unspecified atom stereocenters. The van der Waals surface area contributed by atoms with E-state index in [1.54, 1.807) is 12.7 Å². The average molecular weight is 353 g/mol. The zero-order chi connectivity index (χ0) is 18.5. The molecule has 0 radical (unpaired) electrons. The SMILES string of the molecule is Cc1cc(CN(Cc2ccccc2)C[C@H](C)CO)c(C)n1-n1cnnc1. The van der Waals surface area contributed by atoms with Crippen LogP contribution >= 0.6 is 0 Å². The van der Waals surface area contributed by atoms with Crippen molar-refractivity contribution >= 4 is 0 Å². The van der Waals surface area contributed by atoms with Crippen molar-refractivity contribution in [2.45, 2.75) is 33.9 Å². The summed E-state index contributed by atoms with van der Waals surface area (Å²) in [6.07, 6.45) is 3.42. The highest BCUT2D eigenvalue weighted by Gasteiger charge is 2.16. The van der Waals surface area contributed by atoms with Crippen LogP contribution in [0.15, 0.2) is 49.1 Å². The maximum Gasteiger partial charge on any atom is 0.139 e. The summed E-state index contributed by atoms with van der Waals surface area (Å²) in [6, 6.07) is 12.7. The molecular formula is C20H27N5O. The number of benzene rings is 1. The number of rotatable bonds is 8. The van der Waals surface area contributed by atoms with Crippen molar-refractivity contribution in [3.05, 3.63) is 71.6 Å². The third-order valence-electron chi connectivity index (χ3n) is 4.66. The third kappa shape index (κ3) is 4.20. The van der Waals surface area contributed by atoms with E-state index < -0.39 is 0 Å². The normalized spacial score (nSPS) is 12.7. The van der Waals surface area contributed by atoms with Gasteiger partial charge in [-0.05, 0) is 37.0 Å². The highest BCUT2D eigenvalue weighted by atomic mass is 16.3. The Balaban J connectivity index is 1.83. The fourth-order valence-corrected chi connectivity index (χ4v) is 3.40. The summed E-state index contributed by atoms with van der Waals surface area (Å²) in [6.45, 7) is 9.04. The van der Waals surface area contributed by atoms with Crippen LogP contribution in [0.3, 0.4) is 0 Å². The molecule has 0 saturated carbocycles. The summed E-state index contributed by atoms with van der Waals surface area (Å²) in [5, 5.41) is 17.3. The number of hydrogen-bond donors (Lipinski definition) is 1. The van der Waals surface area contributed by atoms with Gasteiger partial charge in [-0.2, -0.15) is 0 Å². The van der Waals surface area contributed by atoms with Crippen molar-refractivity contribution in [2.75, 3.05) is 13.2 Å². The molecule has 0 bridgehead atoms. The lowest BCUT2D eigenvalue weighted by Gasteiger charge is -2.25. The minimum absolute atomic E-state index is 0.199. The van der Waals surface area contributed by atoms with Crippen LogP contribution in [0, 0.1) is 19.8 Å². The van der Waals surface area contributed by atoms with Crippen molar-refractivity contribution in [2.24, 2.45) is 5.92 Å². The molecule has 6 heteroatoms. The fourth-order valence-electron chi connectivity index (χ4n) is 3.40. The first-order valence-corrected chi connectivity index (χ1v) is 8.98. The summed E-state index contributed by atoms with van der Waals surface area (Å²) < 4.78 is 4.01. The Bertz CT molecular complexity index is 810. The van der Waals surface area contributed by atoms with Gasteiger partial charge < -0.3 is 5.11 Å². The fraction of sp³-hybridized carbons (Fsp3) is 0.400. The van der Waals surface area contributed by atoms with Gasteiger partial charge in [0, 0.05) is 37.6 Å². The molecule has 0 aliphatic rings. The van der Waals surface area contributed by atoms with Gasteiger partial charge in [0.05, 0.1) is 0 Å². The quantitative estimate of drug-likeness (QED) is 0.676. The highest BCUT2D eigenvalue weighted by Crippen LogP contribution is 2.19. The molecule has 3 rings (SSSR count). The monoisotopic (exact) mass is 353 g/mol. The second-order valence-corrected chi connectivity index (χ2v) is 6.99. The van der Waals surface area contributed by atoms with Gasteiger partial charge >= 0.3 is 0 Å². The summed E-state index contributed by atoms with van der Waals surface area (Å²) in [7, 11) is 0. The van der Waals surface area contributed by atoms with Crippen LogP contribution in [0.25, 0.3) is 0 Å². The van der Waals surface area contributed by atoms with Gasteiger partial charge in [-0.1, -0.05) is 37.3 Å². The van der Waals surface area contributed by atoms with Gasteiger partial charge in [0.1, 0.15) is 12.7 Å². The third-order valence-corrected chi connectivity index (χ3v) is 4.66. The van der Waals surface area contributed by atoms with E-state index >= 15 is 0 Å². The molecule has 2 aromatic heterocycles. The Morgan fingerprint density at radius 2 is 1.77 bits per heavy atom. The van der Waals surface area contributed by atoms with E-state index in [1.165, 1.54) is 16.8 Å². The van der Waals surface area contributed by atoms with E-state index in [2.05, 4.69) is 70.9 Å². The number of hydrogen-bond acceptors (Lipinski definition) is 4. The first-order valence-electron chi connectivity index (χ1n) is 8.98. The molecule has 0 aliphatic heterocycles. The maximum absolute atomic E-state index is 9.50. The standard InChI is InChI=1S/C20H27N5O/c1-16(13-26)10-23(11-19-7-5-4-6-8-19)12-20-9-17(2)25(18(20)3)24-14-21-22-15-24/h4-9,14-16,26H,10-13H2,1-3H3/t16-/m0/s1. The molecule has 0 fully saturated rings. The molecule has 0 amide bonds. The summed E-state index contributed by atoms with van der Waals surface area (Å²) in [5.74, 6) is 0.236. The van der Waals surface area contributed by atoms with Crippen LogP contribution < -0.4 is 0 Å². The molecule has 0 aliphatic carbocycles. The lowest BCUT2D eigenvalue weighted by molar-refractivity contribution is 0.163. The van der Waals surface area contributed by atoms with Crippen molar-refractivity contribution in [1.82, 2.24) is 24.4 Å². The molecule has 1 atom stereocenters. The van der Waals surface area contributed by atoms with Crippen LogP contribution in [-0.2, 0) is 13.1 Å². The predicted molar refractivity (Wildman–Crippen MR) is 102 cm³/mol. The Labute approximate surface area is 154 Å². The molecule has 138 valence electrons. The van der Waals surface area contributed by atoms with Gasteiger partial charge in [-0.15, -0.1) is 10.2 Å². The van der Waals surface area contributed by atoms with Crippen LogP contribution in [0.5, 0.6) is 0 Å². The van der Waals surface area contributed by atoms with Crippen molar-refractivity contribution in [3.63, 3.8) is 0 Å². The second kappa shape index (κ2) is 8.29. The van der Waals surface area contributed by atoms with E-state index in [4.69, 9.17) is 0 Å². The molecule has 6 nitrogen and oxygen atoms in total. The Morgan fingerprint density at radius 3 is 2.42 bits per heavy atom. The van der Waals surface area contributed by atoms with Crippen molar-refractivity contribution < 1.29 is 5.11 Å². The molecule has 1 N–H and O–H groups in total. The van der Waals surface area contributed by atoms with Gasteiger partial charge in [0.25, 0.3) is 0 Å².